The molecule has 0 amide bonds. The molecule has 0 saturated heterocycles. The van der Waals surface area contributed by atoms with Crippen molar-refractivity contribution in [3.8, 4) is 11.6 Å². The van der Waals surface area contributed by atoms with Gasteiger partial charge in [-0.1, -0.05) is 6.92 Å². The molecule has 23 heavy (non-hydrogen) atoms. The number of carbonyl (C=O) groups excluding carboxylic acids is 1. The van der Waals surface area contributed by atoms with E-state index in [2.05, 4.69) is 22.6 Å². The Morgan fingerprint density at radius 1 is 1.43 bits per heavy atom. The maximum Gasteiger partial charge on any atom is 0.254 e. The van der Waals surface area contributed by atoms with E-state index < -0.39 is 10.8 Å². The second-order valence-corrected chi connectivity index (χ2v) is 5.57. The summed E-state index contributed by atoms with van der Waals surface area (Å²) in [5, 5.41) is 8.84. The van der Waals surface area contributed by atoms with Gasteiger partial charge < -0.3 is 14.8 Å². The Kier molecular flexibility index (Phi) is 5.44. The van der Waals surface area contributed by atoms with E-state index in [1.165, 1.54) is 6.92 Å². The second kappa shape index (κ2) is 7.32. The number of rotatable bonds is 6. The van der Waals surface area contributed by atoms with Crippen molar-refractivity contribution in [3.63, 3.8) is 0 Å². The summed E-state index contributed by atoms with van der Waals surface area (Å²) in [5.74, 6) is 0.260. The van der Waals surface area contributed by atoms with Gasteiger partial charge in [-0.25, -0.2) is 0 Å². The number of H-pyrrole nitrogens is 1. The van der Waals surface area contributed by atoms with Gasteiger partial charge in [0.2, 0.25) is 5.88 Å². The fourth-order valence-corrected chi connectivity index (χ4v) is 2.39. The van der Waals surface area contributed by atoms with E-state index in [-0.39, 0.29) is 17.5 Å². The zero-order valence-electron chi connectivity index (χ0n) is 12.9. The number of Topliss-reactive ketones (excluding diaryl/α,β-unsaturated/α-hetero) is 1. The molecule has 0 spiro atoms. The van der Waals surface area contributed by atoms with Crippen molar-refractivity contribution in [2.45, 2.75) is 25.5 Å². The van der Waals surface area contributed by atoms with Crippen LogP contribution in [-0.2, 0) is 0 Å². The van der Waals surface area contributed by atoms with Gasteiger partial charge in [0.15, 0.2) is 5.78 Å². The van der Waals surface area contributed by atoms with Gasteiger partial charge in [-0.2, -0.15) is 17.6 Å². The second-order valence-electron chi connectivity index (χ2n) is 5.05. The van der Waals surface area contributed by atoms with Crippen molar-refractivity contribution >= 4 is 18.4 Å². The zero-order valence-corrected chi connectivity index (χ0v) is 13.8. The summed E-state index contributed by atoms with van der Waals surface area (Å²) in [6.45, 7) is 3.96. The largest absolute Gasteiger partial charge is 0.493 e. The Morgan fingerprint density at radius 3 is 2.78 bits per heavy atom. The number of nitrogens with one attached hydrogen (secondary N) is 1. The molecule has 2 aromatic rings. The minimum absolute atomic E-state index is 0.0915. The molecule has 1 aromatic carbocycles. The fourth-order valence-electron chi connectivity index (χ4n) is 2.06. The van der Waals surface area contributed by atoms with Gasteiger partial charge in [0.05, 0.1) is 17.9 Å². The first-order chi connectivity index (χ1) is 10.9. The number of hydrogen-bond acceptors (Lipinski definition) is 6. The monoisotopic (exact) mass is 334 g/mol. The Balaban J connectivity index is 2.50. The third-order valence-corrected chi connectivity index (χ3v) is 3.70. The highest BCUT2D eigenvalue weighted by molar-refractivity contribution is 7.80. The van der Waals surface area contributed by atoms with Crippen LogP contribution in [0.5, 0.6) is 11.6 Å². The summed E-state index contributed by atoms with van der Waals surface area (Å²) in [5.41, 5.74) is 0.624. The maximum atomic E-state index is 11.6. The van der Waals surface area contributed by atoms with Crippen LogP contribution in [0.25, 0.3) is 0 Å². The third-order valence-electron chi connectivity index (χ3n) is 3.18. The molecule has 1 atom stereocenters. The van der Waals surface area contributed by atoms with E-state index in [9.17, 15) is 14.7 Å². The highest BCUT2D eigenvalue weighted by atomic mass is 32.1. The van der Waals surface area contributed by atoms with E-state index in [1.54, 1.807) is 18.2 Å². The lowest BCUT2D eigenvalue weighted by atomic mass is 10.0. The minimum atomic E-state index is -0.652. The van der Waals surface area contributed by atoms with Crippen molar-refractivity contribution in [2.75, 3.05) is 6.61 Å². The lowest BCUT2D eigenvalue weighted by Gasteiger charge is -2.17. The normalized spacial score (nSPS) is 12.0. The first kappa shape index (κ1) is 17.1. The maximum absolute atomic E-state index is 11.6. The van der Waals surface area contributed by atoms with Crippen LogP contribution in [0.2, 0.25) is 0 Å². The number of carbonyl (C=O) groups is 1. The molecule has 0 bridgehead atoms. The van der Waals surface area contributed by atoms with Crippen LogP contribution in [0.1, 0.15) is 47.3 Å². The number of thiol groups is 1. The predicted octanol–water partition coefficient (Wildman–Crippen LogP) is 2.49. The van der Waals surface area contributed by atoms with Crippen LogP contribution >= 0.6 is 12.6 Å². The molecule has 2 N–H and O–H groups in total. The molecule has 0 aliphatic heterocycles. The lowest BCUT2D eigenvalue weighted by Crippen LogP contribution is -2.13. The van der Waals surface area contributed by atoms with Gasteiger partial charge in [-0.15, -0.1) is 0 Å². The summed E-state index contributed by atoms with van der Waals surface area (Å²) in [7, 11) is 0. The van der Waals surface area contributed by atoms with Gasteiger partial charge in [0.25, 0.3) is 5.56 Å². The molecular formula is C16H18N2O4S. The number of hydrogen-bond donors (Lipinski definition) is 3. The van der Waals surface area contributed by atoms with Crippen LogP contribution in [0.15, 0.2) is 29.1 Å². The number of aromatic hydroxyl groups is 1. The first-order valence-corrected chi connectivity index (χ1v) is 7.70. The van der Waals surface area contributed by atoms with Crippen LogP contribution < -0.4 is 10.3 Å². The summed E-state index contributed by atoms with van der Waals surface area (Å²) in [4.78, 5) is 29.5. The number of ketones is 1. The van der Waals surface area contributed by atoms with Crippen molar-refractivity contribution in [1.29, 1.82) is 0 Å². The Hall–Kier alpha value is -2.28. The van der Waals surface area contributed by atoms with Crippen molar-refractivity contribution < 1.29 is 14.6 Å². The molecule has 1 aromatic heterocycles. The van der Waals surface area contributed by atoms with Crippen molar-refractivity contribution in [1.82, 2.24) is 9.97 Å². The van der Waals surface area contributed by atoms with Gasteiger partial charge in [-0.3, -0.25) is 9.59 Å². The topological polar surface area (TPSA) is 92.3 Å². The molecule has 0 fully saturated rings. The van der Waals surface area contributed by atoms with Crippen molar-refractivity contribution in [2.24, 2.45) is 0 Å². The molecule has 0 radical (unpaired) electrons. The average molecular weight is 334 g/mol. The standard InChI is InChI=1S/C16H18N2O4S/c1-3-6-22-12-5-4-10(9(2)19)7-11(12)15(23)16-17-13(20)8-14(21)18-16/h4-5,7-8,15,23H,3,6H2,1-2H3,(H2,17,18,20,21). The van der Waals surface area contributed by atoms with Gasteiger partial charge >= 0.3 is 0 Å². The van der Waals surface area contributed by atoms with E-state index in [0.29, 0.717) is 23.5 Å². The van der Waals surface area contributed by atoms with E-state index in [1.807, 2.05) is 6.92 Å². The Bertz CT molecular complexity index is 773. The van der Waals surface area contributed by atoms with Gasteiger partial charge in [0, 0.05) is 11.1 Å². The minimum Gasteiger partial charge on any atom is -0.493 e. The summed E-state index contributed by atoms with van der Waals surface area (Å²) in [6, 6.07) is 6.02. The molecule has 0 aliphatic carbocycles. The smallest absolute Gasteiger partial charge is 0.254 e. The molecule has 2 rings (SSSR count). The summed E-state index contributed by atoms with van der Waals surface area (Å²) >= 11 is 4.48. The Labute approximate surface area is 139 Å². The number of aromatic amines is 1. The Morgan fingerprint density at radius 2 is 2.17 bits per heavy atom. The van der Waals surface area contributed by atoms with Gasteiger partial charge in [0.1, 0.15) is 11.6 Å². The molecule has 7 heteroatoms. The van der Waals surface area contributed by atoms with E-state index >= 15 is 0 Å². The lowest BCUT2D eigenvalue weighted by molar-refractivity contribution is 0.101. The molecule has 0 aliphatic rings. The van der Waals surface area contributed by atoms with Crippen molar-refractivity contribution in [3.05, 3.63) is 51.6 Å². The number of benzene rings is 1. The molecule has 6 nitrogen and oxygen atoms in total. The molecule has 1 heterocycles. The van der Waals surface area contributed by atoms with E-state index in [4.69, 9.17) is 4.74 Å². The fraction of sp³-hybridized carbons (Fsp3) is 0.312. The van der Waals surface area contributed by atoms with Crippen LogP contribution in [0.3, 0.4) is 0 Å². The van der Waals surface area contributed by atoms with E-state index in [0.717, 1.165) is 12.5 Å². The number of nitrogens with zero attached hydrogens (tertiary/aromatic N) is 1. The highest BCUT2D eigenvalue weighted by Crippen LogP contribution is 2.34. The highest BCUT2D eigenvalue weighted by Gasteiger charge is 2.19. The number of ether oxygens (including phenoxy) is 1. The third kappa shape index (κ3) is 4.13. The molecule has 0 saturated carbocycles. The SMILES string of the molecule is CCCOc1ccc(C(C)=O)cc1C(S)c1nc(O)cc(=O)[nH]1. The zero-order chi connectivity index (χ0) is 17.0. The molecular weight excluding hydrogens is 316 g/mol. The molecule has 122 valence electrons. The van der Waals surface area contributed by atoms with Crippen LogP contribution in [-0.4, -0.2) is 27.5 Å². The average Bonchev–Trinajstić information content (AvgIpc) is 2.51. The van der Waals surface area contributed by atoms with Gasteiger partial charge in [-0.05, 0) is 31.5 Å². The number of aromatic nitrogens is 2. The quantitative estimate of drug-likeness (QED) is 0.557. The summed E-state index contributed by atoms with van der Waals surface area (Å²) in [6.07, 6.45) is 0.826. The summed E-state index contributed by atoms with van der Waals surface area (Å²) < 4.78 is 5.68. The van der Waals surface area contributed by atoms with Crippen LogP contribution in [0, 0.1) is 0 Å². The molecule has 1 unspecified atom stereocenters. The van der Waals surface area contributed by atoms with Crippen LogP contribution in [0.4, 0.5) is 0 Å². The first-order valence-electron chi connectivity index (χ1n) is 7.18. The predicted molar refractivity (Wildman–Crippen MR) is 89.6 cm³/mol.